The van der Waals surface area contributed by atoms with Crippen molar-refractivity contribution < 1.29 is 9.90 Å². The van der Waals surface area contributed by atoms with Crippen LogP contribution < -0.4 is 5.32 Å². The lowest BCUT2D eigenvalue weighted by molar-refractivity contribution is -0.128. The molecular weight excluding hydrogens is 312 g/mol. The molecule has 1 aliphatic heterocycles. The van der Waals surface area contributed by atoms with Crippen LogP contribution in [0.5, 0.6) is 0 Å². The second kappa shape index (κ2) is 8.81. The molecule has 1 saturated heterocycles. The minimum atomic E-state index is -0.338. The molecule has 4 nitrogen and oxygen atoms in total. The highest BCUT2D eigenvalue weighted by Crippen LogP contribution is 2.39. The number of carbonyl (C=O) groups excluding carboxylic acids is 1. The van der Waals surface area contributed by atoms with E-state index >= 15 is 0 Å². The van der Waals surface area contributed by atoms with Crippen molar-refractivity contribution in [2.24, 2.45) is 5.92 Å². The normalized spacial score (nSPS) is 24.0. The van der Waals surface area contributed by atoms with Gasteiger partial charge in [-0.2, -0.15) is 0 Å². The number of likely N-dealkylation sites (tertiary alicyclic amines) is 1. The number of nitrogens with zero attached hydrogens (tertiary/aromatic N) is 1. The van der Waals surface area contributed by atoms with Crippen LogP contribution in [0.4, 0.5) is 0 Å². The van der Waals surface area contributed by atoms with Crippen molar-refractivity contribution in [3.63, 3.8) is 0 Å². The van der Waals surface area contributed by atoms with Gasteiger partial charge in [0.2, 0.25) is 5.91 Å². The van der Waals surface area contributed by atoms with Crippen LogP contribution in [0.25, 0.3) is 0 Å². The molecule has 2 aliphatic rings. The van der Waals surface area contributed by atoms with Crippen LogP contribution in [0.15, 0.2) is 30.3 Å². The van der Waals surface area contributed by atoms with Crippen LogP contribution >= 0.6 is 0 Å². The minimum absolute atomic E-state index is 0.203. The highest BCUT2D eigenvalue weighted by atomic mass is 16.3. The molecule has 1 unspecified atom stereocenters. The fourth-order valence-corrected chi connectivity index (χ4v) is 4.56. The summed E-state index contributed by atoms with van der Waals surface area (Å²) < 4.78 is 0. The number of nitrogens with one attached hydrogen (secondary N) is 1. The molecule has 1 aromatic carbocycles. The Morgan fingerprint density at radius 1 is 1.16 bits per heavy atom. The Balaban J connectivity index is 1.58. The van der Waals surface area contributed by atoms with Crippen molar-refractivity contribution in [3.8, 4) is 0 Å². The van der Waals surface area contributed by atoms with Crippen molar-refractivity contribution in [1.82, 2.24) is 10.2 Å². The van der Waals surface area contributed by atoms with Gasteiger partial charge in [0.1, 0.15) is 0 Å². The monoisotopic (exact) mass is 344 g/mol. The molecule has 138 valence electrons. The summed E-state index contributed by atoms with van der Waals surface area (Å²) in [6.07, 6.45) is 7.68. The van der Waals surface area contributed by atoms with E-state index in [2.05, 4.69) is 22.3 Å². The number of rotatable bonds is 6. The fourth-order valence-electron chi connectivity index (χ4n) is 4.56. The van der Waals surface area contributed by atoms with Gasteiger partial charge in [0.05, 0.1) is 5.41 Å². The first kappa shape index (κ1) is 18.4. The molecule has 2 N–H and O–H groups in total. The van der Waals surface area contributed by atoms with Gasteiger partial charge >= 0.3 is 0 Å². The maximum Gasteiger partial charge on any atom is 0.230 e. The summed E-state index contributed by atoms with van der Waals surface area (Å²) in [5.74, 6) is 0.604. The van der Waals surface area contributed by atoms with Gasteiger partial charge in [-0.25, -0.2) is 0 Å². The van der Waals surface area contributed by atoms with Gasteiger partial charge in [0, 0.05) is 26.2 Å². The van der Waals surface area contributed by atoms with E-state index in [0.717, 1.165) is 58.2 Å². The average Bonchev–Trinajstić information content (AvgIpc) is 2.69. The van der Waals surface area contributed by atoms with Gasteiger partial charge in [-0.1, -0.05) is 49.6 Å². The molecule has 0 radical (unpaired) electrons. The second-order valence-corrected chi connectivity index (χ2v) is 7.76. The van der Waals surface area contributed by atoms with Crippen LogP contribution in [-0.4, -0.2) is 48.7 Å². The Morgan fingerprint density at radius 3 is 2.64 bits per heavy atom. The van der Waals surface area contributed by atoms with Gasteiger partial charge in [-0.05, 0) is 43.7 Å². The molecule has 0 aromatic heterocycles. The number of aliphatic hydroxyl groups excluding tert-OH is 1. The third-order valence-corrected chi connectivity index (χ3v) is 6.04. The predicted molar refractivity (Wildman–Crippen MR) is 100 cm³/mol. The molecule has 1 atom stereocenters. The lowest BCUT2D eigenvalue weighted by atomic mass is 9.68. The predicted octanol–water partition coefficient (Wildman–Crippen LogP) is 2.71. The highest BCUT2D eigenvalue weighted by Gasteiger charge is 2.40. The molecule has 1 aromatic rings. The number of piperidine rings is 1. The summed E-state index contributed by atoms with van der Waals surface area (Å²) in [6, 6.07) is 10.3. The Labute approximate surface area is 151 Å². The standard InChI is InChI=1S/C21H32N2O2/c24-17-18-8-7-14-23(16-18)15-13-22-20(25)21(11-5-2-6-12-21)19-9-3-1-4-10-19/h1,3-4,9-10,18,24H,2,5-8,11-17H2,(H,22,25). The quantitative estimate of drug-likeness (QED) is 0.834. The number of benzene rings is 1. The third-order valence-electron chi connectivity index (χ3n) is 6.04. The summed E-state index contributed by atoms with van der Waals surface area (Å²) in [5, 5.41) is 12.6. The SMILES string of the molecule is O=C(NCCN1CCCC(CO)C1)C1(c2ccccc2)CCCCC1. The van der Waals surface area contributed by atoms with E-state index in [4.69, 9.17) is 0 Å². The fraction of sp³-hybridized carbons (Fsp3) is 0.667. The van der Waals surface area contributed by atoms with Gasteiger partial charge in [0.15, 0.2) is 0 Å². The van der Waals surface area contributed by atoms with Gasteiger partial charge in [0.25, 0.3) is 0 Å². The molecule has 3 rings (SSSR count). The highest BCUT2D eigenvalue weighted by molar-refractivity contribution is 5.88. The Bertz CT molecular complexity index is 540. The number of amides is 1. The molecule has 1 saturated carbocycles. The van der Waals surface area contributed by atoms with Crippen molar-refractivity contribution in [3.05, 3.63) is 35.9 Å². The zero-order valence-corrected chi connectivity index (χ0v) is 15.3. The van der Waals surface area contributed by atoms with Crippen LogP contribution in [0.2, 0.25) is 0 Å². The van der Waals surface area contributed by atoms with E-state index in [-0.39, 0.29) is 17.9 Å². The van der Waals surface area contributed by atoms with E-state index in [9.17, 15) is 9.90 Å². The summed E-state index contributed by atoms with van der Waals surface area (Å²) >= 11 is 0. The first-order valence-corrected chi connectivity index (χ1v) is 9.92. The van der Waals surface area contributed by atoms with Crippen molar-refractivity contribution in [2.75, 3.05) is 32.8 Å². The van der Waals surface area contributed by atoms with Crippen molar-refractivity contribution >= 4 is 5.91 Å². The Morgan fingerprint density at radius 2 is 1.92 bits per heavy atom. The number of hydrogen-bond acceptors (Lipinski definition) is 3. The van der Waals surface area contributed by atoms with Crippen LogP contribution in [-0.2, 0) is 10.2 Å². The van der Waals surface area contributed by atoms with Gasteiger partial charge in [-0.15, -0.1) is 0 Å². The van der Waals surface area contributed by atoms with Gasteiger partial charge in [-0.3, -0.25) is 4.79 Å². The maximum absolute atomic E-state index is 13.1. The summed E-state index contributed by atoms with van der Waals surface area (Å²) in [5.41, 5.74) is 0.834. The minimum Gasteiger partial charge on any atom is -0.396 e. The summed E-state index contributed by atoms with van der Waals surface area (Å²) in [4.78, 5) is 15.5. The molecule has 1 amide bonds. The number of hydrogen-bond donors (Lipinski definition) is 2. The van der Waals surface area contributed by atoms with Gasteiger partial charge < -0.3 is 15.3 Å². The number of aliphatic hydroxyl groups is 1. The van der Waals surface area contributed by atoms with Crippen molar-refractivity contribution in [2.45, 2.75) is 50.4 Å². The number of carbonyl (C=O) groups is 1. The molecule has 1 aliphatic carbocycles. The first-order chi connectivity index (χ1) is 12.2. The van der Waals surface area contributed by atoms with Crippen LogP contribution in [0.3, 0.4) is 0 Å². The lowest BCUT2D eigenvalue weighted by Gasteiger charge is -2.37. The van der Waals surface area contributed by atoms with Crippen LogP contribution in [0.1, 0.15) is 50.5 Å². The zero-order valence-electron chi connectivity index (χ0n) is 15.3. The molecule has 0 bridgehead atoms. The molecule has 1 heterocycles. The summed E-state index contributed by atoms with van der Waals surface area (Å²) in [7, 11) is 0. The maximum atomic E-state index is 13.1. The smallest absolute Gasteiger partial charge is 0.230 e. The summed E-state index contributed by atoms with van der Waals surface area (Å²) in [6.45, 7) is 3.89. The topological polar surface area (TPSA) is 52.6 Å². The Hall–Kier alpha value is -1.39. The molecule has 4 heteroatoms. The largest absolute Gasteiger partial charge is 0.396 e. The van der Waals surface area contributed by atoms with E-state index in [1.165, 1.54) is 12.0 Å². The van der Waals surface area contributed by atoms with E-state index in [0.29, 0.717) is 12.5 Å². The van der Waals surface area contributed by atoms with E-state index in [1.54, 1.807) is 0 Å². The molecule has 0 spiro atoms. The molecule has 2 fully saturated rings. The molecular formula is C21H32N2O2. The average molecular weight is 344 g/mol. The van der Waals surface area contributed by atoms with E-state index < -0.39 is 0 Å². The molecule has 25 heavy (non-hydrogen) atoms. The lowest BCUT2D eigenvalue weighted by Crippen LogP contribution is -2.48. The van der Waals surface area contributed by atoms with E-state index in [1.807, 2.05) is 18.2 Å². The first-order valence-electron chi connectivity index (χ1n) is 9.92. The Kier molecular flexibility index (Phi) is 6.49. The second-order valence-electron chi connectivity index (χ2n) is 7.76. The zero-order chi connectivity index (χ0) is 17.5. The van der Waals surface area contributed by atoms with Crippen molar-refractivity contribution in [1.29, 1.82) is 0 Å². The third kappa shape index (κ3) is 4.42. The van der Waals surface area contributed by atoms with Crippen LogP contribution in [0, 0.1) is 5.92 Å².